The van der Waals surface area contributed by atoms with Crippen molar-refractivity contribution in [2.45, 2.75) is 25.0 Å². The Bertz CT molecular complexity index is 331. The number of ether oxygens (including phenoxy) is 1. The summed E-state index contributed by atoms with van der Waals surface area (Å²) in [5.74, 6) is 0. The van der Waals surface area contributed by atoms with E-state index in [4.69, 9.17) is 4.74 Å². The van der Waals surface area contributed by atoms with E-state index >= 15 is 0 Å². The Morgan fingerprint density at radius 1 is 1.53 bits per heavy atom. The third-order valence-corrected chi connectivity index (χ3v) is 3.40. The first-order valence-corrected chi connectivity index (χ1v) is 6.16. The van der Waals surface area contributed by atoms with Crippen molar-refractivity contribution in [1.29, 1.82) is 0 Å². The van der Waals surface area contributed by atoms with Crippen LogP contribution in [-0.4, -0.2) is 49.3 Å². The normalized spacial score (nSPS) is 25.1. The first-order valence-electron chi connectivity index (χ1n) is 6.16. The van der Waals surface area contributed by atoms with Crippen LogP contribution in [0.4, 0.5) is 0 Å². The van der Waals surface area contributed by atoms with E-state index < -0.39 is 0 Å². The van der Waals surface area contributed by atoms with Gasteiger partial charge in [0, 0.05) is 31.4 Å². The van der Waals surface area contributed by atoms with Crippen molar-refractivity contribution in [1.82, 2.24) is 15.2 Å². The van der Waals surface area contributed by atoms with Crippen molar-refractivity contribution in [3.8, 4) is 0 Å². The van der Waals surface area contributed by atoms with Gasteiger partial charge in [0.15, 0.2) is 0 Å². The van der Waals surface area contributed by atoms with Gasteiger partial charge < -0.3 is 10.1 Å². The average Bonchev–Trinajstić information content (AvgIpc) is 2.40. The maximum atomic E-state index is 5.57. The van der Waals surface area contributed by atoms with Crippen LogP contribution in [0.15, 0.2) is 24.4 Å². The van der Waals surface area contributed by atoms with Crippen molar-refractivity contribution in [3.05, 3.63) is 30.1 Å². The van der Waals surface area contributed by atoms with Gasteiger partial charge in [-0.15, -0.1) is 0 Å². The van der Waals surface area contributed by atoms with Crippen molar-refractivity contribution in [3.63, 3.8) is 0 Å². The standard InChI is InChI=1S/C13H21N3O/c1-14-12-6-8-17-10-13(12)16(2)9-11-5-3-4-7-15-11/h3-5,7,12-14H,6,8-10H2,1-2H3. The highest BCUT2D eigenvalue weighted by Gasteiger charge is 2.27. The molecule has 1 aromatic rings. The molecule has 0 spiro atoms. The molecule has 2 heterocycles. The van der Waals surface area contributed by atoms with Gasteiger partial charge in [0.25, 0.3) is 0 Å². The van der Waals surface area contributed by atoms with E-state index in [0.29, 0.717) is 12.1 Å². The molecule has 0 aromatic carbocycles. The van der Waals surface area contributed by atoms with Crippen LogP contribution >= 0.6 is 0 Å². The van der Waals surface area contributed by atoms with Crippen LogP contribution in [0.3, 0.4) is 0 Å². The second kappa shape index (κ2) is 6.10. The van der Waals surface area contributed by atoms with Gasteiger partial charge in [-0.2, -0.15) is 0 Å². The Morgan fingerprint density at radius 3 is 3.12 bits per heavy atom. The third-order valence-electron chi connectivity index (χ3n) is 3.40. The summed E-state index contributed by atoms with van der Waals surface area (Å²) in [4.78, 5) is 6.68. The molecule has 1 aliphatic heterocycles. The monoisotopic (exact) mass is 235 g/mol. The molecule has 2 unspecified atom stereocenters. The molecule has 1 aliphatic rings. The maximum Gasteiger partial charge on any atom is 0.0637 e. The topological polar surface area (TPSA) is 37.4 Å². The molecule has 1 aromatic heterocycles. The molecule has 94 valence electrons. The third kappa shape index (κ3) is 3.25. The summed E-state index contributed by atoms with van der Waals surface area (Å²) in [5, 5.41) is 3.38. The zero-order valence-corrected chi connectivity index (χ0v) is 10.6. The lowest BCUT2D eigenvalue weighted by atomic mass is 10.0. The number of rotatable bonds is 4. The lowest BCUT2D eigenvalue weighted by molar-refractivity contribution is 0.00488. The summed E-state index contributed by atoms with van der Waals surface area (Å²) in [6, 6.07) is 6.98. The molecule has 4 nitrogen and oxygen atoms in total. The van der Waals surface area contributed by atoms with Crippen LogP contribution in [0, 0.1) is 0 Å². The van der Waals surface area contributed by atoms with Gasteiger partial charge in [-0.25, -0.2) is 0 Å². The highest BCUT2D eigenvalue weighted by molar-refractivity contribution is 5.03. The molecule has 0 saturated carbocycles. The molecule has 2 atom stereocenters. The Labute approximate surface area is 103 Å². The first-order chi connectivity index (χ1) is 8.31. The van der Waals surface area contributed by atoms with E-state index in [-0.39, 0.29) is 0 Å². The van der Waals surface area contributed by atoms with E-state index in [2.05, 4.69) is 28.3 Å². The van der Waals surface area contributed by atoms with E-state index in [1.54, 1.807) is 0 Å². The van der Waals surface area contributed by atoms with E-state index in [0.717, 1.165) is 31.9 Å². The number of pyridine rings is 1. The van der Waals surface area contributed by atoms with Gasteiger partial charge in [-0.05, 0) is 32.6 Å². The fourth-order valence-electron chi connectivity index (χ4n) is 2.36. The molecule has 4 heteroatoms. The highest BCUT2D eigenvalue weighted by Crippen LogP contribution is 2.14. The Hall–Kier alpha value is -0.970. The molecule has 1 N–H and O–H groups in total. The van der Waals surface area contributed by atoms with E-state index in [9.17, 15) is 0 Å². The van der Waals surface area contributed by atoms with Gasteiger partial charge in [0.1, 0.15) is 0 Å². The van der Waals surface area contributed by atoms with Crippen LogP contribution in [0.1, 0.15) is 12.1 Å². The number of aromatic nitrogens is 1. The lowest BCUT2D eigenvalue weighted by Gasteiger charge is -2.37. The summed E-state index contributed by atoms with van der Waals surface area (Å²) in [5.41, 5.74) is 1.11. The first kappa shape index (κ1) is 12.5. The smallest absolute Gasteiger partial charge is 0.0637 e. The average molecular weight is 235 g/mol. The van der Waals surface area contributed by atoms with Gasteiger partial charge in [0.05, 0.1) is 12.3 Å². The van der Waals surface area contributed by atoms with Crippen LogP contribution in [-0.2, 0) is 11.3 Å². The predicted molar refractivity (Wildman–Crippen MR) is 67.8 cm³/mol. The van der Waals surface area contributed by atoms with Crippen molar-refractivity contribution < 1.29 is 4.74 Å². The summed E-state index contributed by atoms with van der Waals surface area (Å²) in [7, 11) is 4.16. The summed E-state index contributed by atoms with van der Waals surface area (Å²) >= 11 is 0. The minimum absolute atomic E-state index is 0.427. The highest BCUT2D eigenvalue weighted by atomic mass is 16.5. The molecule has 0 radical (unpaired) electrons. The maximum absolute atomic E-state index is 5.57. The van der Waals surface area contributed by atoms with E-state index in [1.807, 2.05) is 25.4 Å². The van der Waals surface area contributed by atoms with Gasteiger partial charge in [-0.3, -0.25) is 9.88 Å². The second-order valence-electron chi connectivity index (χ2n) is 4.56. The fraction of sp³-hybridized carbons (Fsp3) is 0.615. The van der Waals surface area contributed by atoms with Crippen LogP contribution < -0.4 is 5.32 Å². The van der Waals surface area contributed by atoms with Gasteiger partial charge in [0.2, 0.25) is 0 Å². The van der Waals surface area contributed by atoms with Crippen LogP contribution in [0.2, 0.25) is 0 Å². The SMILES string of the molecule is CNC1CCOCC1N(C)Cc1ccccn1. The number of likely N-dealkylation sites (N-methyl/N-ethyl adjacent to an activating group) is 2. The number of nitrogens with zero attached hydrogens (tertiary/aromatic N) is 2. The van der Waals surface area contributed by atoms with Crippen molar-refractivity contribution in [2.75, 3.05) is 27.3 Å². The molecule has 0 aliphatic carbocycles. The molecular formula is C13H21N3O. The van der Waals surface area contributed by atoms with E-state index in [1.165, 1.54) is 0 Å². The van der Waals surface area contributed by atoms with Crippen LogP contribution in [0.25, 0.3) is 0 Å². The number of nitrogens with one attached hydrogen (secondary N) is 1. The van der Waals surface area contributed by atoms with Crippen molar-refractivity contribution >= 4 is 0 Å². The molecule has 2 rings (SSSR count). The number of hydrogen-bond donors (Lipinski definition) is 1. The van der Waals surface area contributed by atoms with Gasteiger partial charge in [-0.1, -0.05) is 6.07 Å². The summed E-state index contributed by atoms with van der Waals surface area (Å²) in [6.45, 7) is 2.53. The summed E-state index contributed by atoms with van der Waals surface area (Å²) < 4.78 is 5.57. The molecule has 0 amide bonds. The zero-order valence-electron chi connectivity index (χ0n) is 10.6. The fourth-order valence-corrected chi connectivity index (χ4v) is 2.36. The zero-order chi connectivity index (χ0) is 12.1. The Balaban J connectivity index is 1.96. The Morgan fingerprint density at radius 2 is 2.41 bits per heavy atom. The summed E-state index contributed by atoms with van der Waals surface area (Å²) in [6.07, 6.45) is 2.92. The number of hydrogen-bond acceptors (Lipinski definition) is 4. The molecule has 1 saturated heterocycles. The largest absolute Gasteiger partial charge is 0.380 e. The quantitative estimate of drug-likeness (QED) is 0.841. The van der Waals surface area contributed by atoms with Crippen LogP contribution in [0.5, 0.6) is 0 Å². The van der Waals surface area contributed by atoms with Crippen molar-refractivity contribution in [2.24, 2.45) is 0 Å². The minimum Gasteiger partial charge on any atom is -0.380 e. The molecule has 0 bridgehead atoms. The Kier molecular flexibility index (Phi) is 4.48. The van der Waals surface area contributed by atoms with Gasteiger partial charge >= 0.3 is 0 Å². The lowest BCUT2D eigenvalue weighted by Crippen LogP contribution is -2.53. The second-order valence-corrected chi connectivity index (χ2v) is 4.56. The molecular weight excluding hydrogens is 214 g/mol. The molecule has 17 heavy (non-hydrogen) atoms. The minimum atomic E-state index is 0.427. The molecule has 1 fully saturated rings. The predicted octanol–water partition coefficient (Wildman–Crippen LogP) is 0.890.